The van der Waals surface area contributed by atoms with Gasteiger partial charge in [-0.15, -0.1) is 0 Å². The average molecular weight is 227 g/mol. The first-order chi connectivity index (χ1) is 5.03. The summed E-state index contributed by atoms with van der Waals surface area (Å²) in [5.74, 6) is -2.54. The molecule has 0 aliphatic heterocycles. The van der Waals surface area contributed by atoms with Crippen molar-refractivity contribution in [1.29, 1.82) is 0 Å². The van der Waals surface area contributed by atoms with Crippen LogP contribution in [-0.4, -0.2) is 17.0 Å². The van der Waals surface area contributed by atoms with Gasteiger partial charge in [0.25, 0.3) is 0 Å². The molecule has 0 N–H and O–H groups in total. The Labute approximate surface area is 72.3 Å². The van der Waals surface area contributed by atoms with E-state index in [1.807, 2.05) is 0 Å². The van der Waals surface area contributed by atoms with Crippen LogP contribution in [0.5, 0.6) is 0 Å². The minimum absolute atomic E-state index is 0.0190. The standard InChI is InChI=1S/C7H9BrF2O/c8-4-6(11)1-5-2-7(9,10)3-5/h5H,1-4H2. The molecule has 1 aliphatic carbocycles. The highest BCUT2D eigenvalue weighted by atomic mass is 79.9. The lowest BCUT2D eigenvalue weighted by Gasteiger charge is -2.34. The Bertz CT molecular complexity index is 162. The summed E-state index contributed by atoms with van der Waals surface area (Å²) in [4.78, 5) is 10.7. The first-order valence-corrected chi connectivity index (χ1v) is 4.61. The molecule has 0 heterocycles. The molecule has 0 bridgehead atoms. The van der Waals surface area contributed by atoms with Gasteiger partial charge in [-0.3, -0.25) is 4.79 Å². The predicted octanol–water partition coefficient (Wildman–Crippen LogP) is 2.39. The molecule has 1 nitrogen and oxygen atoms in total. The number of Topliss-reactive ketones (excluding diaryl/α,β-unsaturated/α-hetero) is 1. The Morgan fingerprint density at radius 2 is 2.09 bits per heavy atom. The third-order valence-electron chi connectivity index (χ3n) is 1.84. The van der Waals surface area contributed by atoms with Crippen molar-refractivity contribution < 1.29 is 13.6 Å². The van der Waals surface area contributed by atoms with E-state index < -0.39 is 5.92 Å². The van der Waals surface area contributed by atoms with E-state index in [9.17, 15) is 13.6 Å². The maximum absolute atomic E-state index is 12.2. The Morgan fingerprint density at radius 1 is 1.55 bits per heavy atom. The molecule has 1 aliphatic rings. The van der Waals surface area contributed by atoms with Gasteiger partial charge < -0.3 is 0 Å². The molecule has 11 heavy (non-hydrogen) atoms. The molecule has 0 unspecified atom stereocenters. The van der Waals surface area contributed by atoms with Crippen molar-refractivity contribution in [3.8, 4) is 0 Å². The quantitative estimate of drug-likeness (QED) is 0.676. The molecule has 0 aromatic heterocycles. The fraction of sp³-hybridized carbons (Fsp3) is 0.857. The largest absolute Gasteiger partial charge is 0.299 e. The second-order valence-electron chi connectivity index (χ2n) is 3.01. The number of alkyl halides is 3. The molecule has 4 heteroatoms. The molecule has 64 valence electrons. The van der Waals surface area contributed by atoms with Crippen molar-refractivity contribution in [3.63, 3.8) is 0 Å². The summed E-state index contributed by atoms with van der Waals surface area (Å²) in [6, 6.07) is 0. The highest BCUT2D eigenvalue weighted by Gasteiger charge is 2.45. The predicted molar refractivity (Wildman–Crippen MR) is 41.1 cm³/mol. The van der Waals surface area contributed by atoms with Gasteiger partial charge in [0.1, 0.15) is 5.78 Å². The van der Waals surface area contributed by atoms with Gasteiger partial charge in [0.05, 0.1) is 5.33 Å². The van der Waals surface area contributed by atoms with Crippen molar-refractivity contribution in [2.45, 2.75) is 25.2 Å². The van der Waals surface area contributed by atoms with Crippen molar-refractivity contribution in [1.82, 2.24) is 0 Å². The van der Waals surface area contributed by atoms with Crippen LogP contribution in [-0.2, 0) is 4.79 Å². The molecule has 0 amide bonds. The third kappa shape index (κ3) is 2.51. The Kier molecular flexibility index (Phi) is 2.62. The van der Waals surface area contributed by atoms with Gasteiger partial charge in [-0.2, -0.15) is 0 Å². The van der Waals surface area contributed by atoms with E-state index in [0.29, 0.717) is 6.42 Å². The number of ketones is 1. The van der Waals surface area contributed by atoms with Crippen LogP contribution in [0, 0.1) is 5.92 Å². The van der Waals surface area contributed by atoms with E-state index in [0.717, 1.165) is 0 Å². The molecule has 0 atom stereocenters. The summed E-state index contributed by atoms with van der Waals surface area (Å²) in [5.41, 5.74) is 0. The number of hydrogen-bond acceptors (Lipinski definition) is 1. The minimum Gasteiger partial charge on any atom is -0.299 e. The average Bonchev–Trinajstić information content (AvgIpc) is 1.83. The number of hydrogen-bond donors (Lipinski definition) is 0. The van der Waals surface area contributed by atoms with Crippen molar-refractivity contribution in [2.24, 2.45) is 5.92 Å². The first kappa shape index (κ1) is 9.10. The lowest BCUT2D eigenvalue weighted by Crippen LogP contribution is -2.36. The van der Waals surface area contributed by atoms with Crippen LogP contribution < -0.4 is 0 Å². The number of carbonyl (C=O) groups excluding carboxylic acids is 1. The fourth-order valence-corrected chi connectivity index (χ4v) is 1.53. The van der Waals surface area contributed by atoms with Crippen LogP contribution >= 0.6 is 15.9 Å². The normalized spacial score (nSPS) is 22.8. The minimum atomic E-state index is -2.49. The zero-order valence-electron chi connectivity index (χ0n) is 5.95. The molecule has 0 aromatic rings. The highest BCUT2D eigenvalue weighted by molar-refractivity contribution is 9.09. The number of carbonyl (C=O) groups is 1. The topological polar surface area (TPSA) is 17.1 Å². The summed E-state index contributed by atoms with van der Waals surface area (Å²) >= 11 is 2.99. The zero-order chi connectivity index (χ0) is 8.48. The van der Waals surface area contributed by atoms with Gasteiger partial charge in [-0.05, 0) is 5.92 Å². The maximum atomic E-state index is 12.2. The second kappa shape index (κ2) is 3.17. The summed E-state index contributed by atoms with van der Waals surface area (Å²) < 4.78 is 24.4. The van der Waals surface area contributed by atoms with E-state index >= 15 is 0 Å². The summed E-state index contributed by atoms with van der Waals surface area (Å²) in [6.07, 6.45) is 0.0956. The lowest BCUT2D eigenvalue weighted by molar-refractivity contribution is -0.130. The molecular formula is C7H9BrF2O. The molecule has 0 radical (unpaired) electrons. The van der Waals surface area contributed by atoms with E-state index in [1.54, 1.807) is 0 Å². The summed E-state index contributed by atoms with van der Waals surface area (Å²) in [5, 5.41) is 0.287. The van der Waals surface area contributed by atoms with Gasteiger partial charge in [0.2, 0.25) is 5.92 Å². The summed E-state index contributed by atoms with van der Waals surface area (Å²) in [7, 11) is 0. The van der Waals surface area contributed by atoms with E-state index in [2.05, 4.69) is 15.9 Å². The molecule has 0 saturated heterocycles. The van der Waals surface area contributed by atoms with Gasteiger partial charge in [0, 0.05) is 19.3 Å². The number of rotatable bonds is 3. The molecule has 0 aromatic carbocycles. The lowest BCUT2D eigenvalue weighted by atomic mass is 9.78. The molecule has 1 saturated carbocycles. The van der Waals surface area contributed by atoms with E-state index in [4.69, 9.17) is 0 Å². The number of halogens is 3. The summed E-state index contributed by atoms with van der Waals surface area (Å²) in [6.45, 7) is 0. The van der Waals surface area contributed by atoms with Crippen molar-refractivity contribution in [2.75, 3.05) is 5.33 Å². The Morgan fingerprint density at radius 3 is 2.45 bits per heavy atom. The van der Waals surface area contributed by atoms with Crippen LogP contribution in [0.4, 0.5) is 8.78 Å². The third-order valence-corrected chi connectivity index (χ3v) is 2.47. The van der Waals surface area contributed by atoms with Crippen LogP contribution in [0.15, 0.2) is 0 Å². The maximum Gasteiger partial charge on any atom is 0.248 e. The monoisotopic (exact) mass is 226 g/mol. The van der Waals surface area contributed by atoms with Gasteiger partial charge in [-0.25, -0.2) is 8.78 Å². The fourth-order valence-electron chi connectivity index (χ4n) is 1.31. The van der Waals surface area contributed by atoms with Crippen LogP contribution in [0.2, 0.25) is 0 Å². The molecule has 1 fully saturated rings. The highest BCUT2D eigenvalue weighted by Crippen LogP contribution is 2.44. The molecular weight excluding hydrogens is 218 g/mol. The van der Waals surface area contributed by atoms with Gasteiger partial charge in [-0.1, -0.05) is 15.9 Å². The van der Waals surface area contributed by atoms with Gasteiger partial charge in [0.15, 0.2) is 0 Å². The van der Waals surface area contributed by atoms with Gasteiger partial charge >= 0.3 is 0 Å². The smallest absolute Gasteiger partial charge is 0.248 e. The van der Waals surface area contributed by atoms with Crippen molar-refractivity contribution in [3.05, 3.63) is 0 Å². The zero-order valence-corrected chi connectivity index (χ0v) is 7.53. The Balaban J connectivity index is 2.19. The first-order valence-electron chi connectivity index (χ1n) is 3.49. The Hall–Kier alpha value is 0.01000. The molecule has 1 rings (SSSR count). The SMILES string of the molecule is O=C(CBr)CC1CC(F)(F)C1. The van der Waals surface area contributed by atoms with Crippen LogP contribution in [0.25, 0.3) is 0 Å². The van der Waals surface area contributed by atoms with E-state index in [1.165, 1.54) is 0 Å². The van der Waals surface area contributed by atoms with Crippen LogP contribution in [0.3, 0.4) is 0 Å². The van der Waals surface area contributed by atoms with Crippen molar-refractivity contribution >= 4 is 21.7 Å². The molecule has 0 spiro atoms. The second-order valence-corrected chi connectivity index (χ2v) is 3.57. The van der Waals surface area contributed by atoms with E-state index in [-0.39, 0.29) is 29.9 Å². The van der Waals surface area contributed by atoms with Crippen LogP contribution in [0.1, 0.15) is 19.3 Å².